The average molecular weight is 475 g/mol. The second-order valence-corrected chi connectivity index (χ2v) is 8.58. The summed E-state index contributed by atoms with van der Waals surface area (Å²) in [5.41, 5.74) is 0.805. The van der Waals surface area contributed by atoms with Gasteiger partial charge in [-0.3, -0.25) is 4.57 Å². The first-order chi connectivity index (χ1) is 16.4. The first-order valence-electron chi connectivity index (χ1n) is 11.4. The minimum Gasteiger partial charge on any atom is -0.494 e. The van der Waals surface area contributed by atoms with E-state index in [9.17, 15) is 8.78 Å². The molecule has 2 fully saturated rings. The number of halogens is 2. The quantitative estimate of drug-likeness (QED) is 0.558. The Kier molecular flexibility index (Phi) is 6.22. The summed E-state index contributed by atoms with van der Waals surface area (Å²) in [6.45, 7) is 7.78. The molecule has 0 radical (unpaired) electrons. The number of anilines is 2. The molecule has 4 heterocycles. The van der Waals surface area contributed by atoms with Crippen LogP contribution in [0.5, 0.6) is 5.75 Å². The molecule has 9 nitrogen and oxygen atoms in total. The van der Waals surface area contributed by atoms with Crippen LogP contribution in [-0.4, -0.2) is 78.2 Å². The first kappa shape index (κ1) is 22.7. The smallest absolute Gasteiger partial charge is 0.296 e. The van der Waals surface area contributed by atoms with Crippen molar-refractivity contribution in [3.63, 3.8) is 0 Å². The Morgan fingerprint density at radius 3 is 2.32 bits per heavy atom. The fourth-order valence-electron chi connectivity index (χ4n) is 4.60. The molecule has 182 valence electrons. The predicted molar refractivity (Wildman–Crippen MR) is 123 cm³/mol. The van der Waals surface area contributed by atoms with Crippen molar-refractivity contribution >= 4 is 22.7 Å². The van der Waals surface area contributed by atoms with Crippen LogP contribution in [0.15, 0.2) is 24.3 Å². The molecule has 0 amide bonds. The van der Waals surface area contributed by atoms with Crippen molar-refractivity contribution in [1.82, 2.24) is 19.5 Å². The number of methoxy groups -OCH3 is 1. The molecule has 0 spiro atoms. The molecular weight excluding hydrogens is 446 g/mol. The number of rotatable bonds is 5. The highest BCUT2D eigenvalue weighted by molar-refractivity contribution is 5.84. The normalized spacial score (nSPS) is 21.5. The van der Waals surface area contributed by atoms with Crippen LogP contribution in [-0.2, 0) is 9.47 Å². The topological polar surface area (TPSA) is 77.8 Å². The number of benzene rings is 1. The van der Waals surface area contributed by atoms with E-state index in [2.05, 4.69) is 14.8 Å². The number of hydrogen-bond donors (Lipinski definition) is 0. The van der Waals surface area contributed by atoms with Gasteiger partial charge < -0.3 is 24.0 Å². The maximum atomic E-state index is 14.2. The van der Waals surface area contributed by atoms with E-state index in [0.29, 0.717) is 67.8 Å². The van der Waals surface area contributed by atoms with Gasteiger partial charge in [-0.25, -0.2) is 13.8 Å². The number of imidazole rings is 1. The molecule has 0 unspecified atom stereocenters. The zero-order valence-corrected chi connectivity index (χ0v) is 19.4. The lowest BCUT2D eigenvalue weighted by molar-refractivity contribution is -0.00546. The summed E-state index contributed by atoms with van der Waals surface area (Å²) in [7, 11) is 1.49. The molecule has 11 heteroatoms. The number of ether oxygens (including phenoxy) is 3. The van der Waals surface area contributed by atoms with Gasteiger partial charge in [0, 0.05) is 32.2 Å². The summed E-state index contributed by atoms with van der Waals surface area (Å²) in [5.74, 6) is 1.47. The van der Waals surface area contributed by atoms with Crippen LogP contribution in [0.1, 0.15) is 26.1 Å². The third-order valence-corrected chi connectivity index (χ3v) is 6.06. The van der Waals surface area contributed by atoms with Crippen LogP contribution in [0.2, 0.25) is 0 Å². The maximum absolute atomic E-state index is 14.2. The Hall–Kier alpha value is -3.05. The standard InChI is InChI=1S/C23H28F2N6O3/c1-14-12-30(13-15(2)34-14)19-11-18(29-7-9-33-10-8-29)26-23(27-19)31-16-5-4-6-17(32-3)20(16)28-22(31)21(24)25/h4-6,11,14-15,21H,7-10,12-13H2,1-3H3/t14-,15+. The minimum absolute atomic E-state index is 0.0176. The number of fused-ring (bicyclic) bond motifs is 1. The van der Waals surface area contributed by atoms with Crippen molar-refractivity contribution in [2.75, 3.05) is 56.3 Å². The van der Waals surface area contributed by atoms with E-state index in [1.807, 2.05) is 19.9 Å². The molecule has 2 atom stereocenters. The largest absolute Gasteiger partial charge is 0.494 e. The Balaban J connectivity index is 1.69. The van der Waals surface area contributed by atoms with Gasteiger partial charge in [-0.15, -0.1) is 0 Å². The van der Waals surface area contributed by atoms with Gasteiger partial charge >= 0.3 is 0 Å². The zero-order valence-electron chi connectivity index (χ0n) is 19.4. The van der Waals surface area contributed by atoms with E-state index in [1.54, 1.807) is 18.2 Å². The van der Waals surface area contributed by atoms with Crippen molar-refractivity contribution in [3.8, 4) is 11.7 Å². The van der Waals surface area contributed by atoms with Gasteiger partial charge in [-0.05, 0) is 26.0 Å². The van der Waals surface area contributed by atoms with Crippen LogP contribution in [0.4, 0.5) is 20.4 Å². The fraction of sp³-hybridized carbons (Fsp3) is 0.522. The highest BCUT2D eigenvalue weighted by Crippen LogP contribution is 2.33. The van der Waals surface area contributed by atoms with E-state index in [-0.39, 0.29) is 18.2 Å². The van der Waals surface area contributed by atoms with Crippen molar-refractivity contribution < 1.29 is 23.0 Å². The van der Waals surface area contributed by atoms with Crippen LogP contribution >= 0.6 is 0 Å². The van der Waals surface area contributed by atoms with E-state index in [1.165, 1.54) is 11.7 Å². The second kappa shape index (κ2) is 9.30. The lowest BCUT2D eigenvalue weighted by atomic mass is 10.2. The average Bonchev–Trinajstić information content (AvgIpc) is 3.24. The van der Waals surface area contributed by atoms with Crippen molar-refractivity contribution in [2.24, 2.45) is 0 Å². The summed E-state index contributed by atoms with van der Waals surface area (Å²) < 4.78 is 46.4. The van der Waals surface area contributed by atoms with Crippen LogP contribution in [0, 0.1) is 0 Å². The third kappa shape index (κ3) is 4.25. The molecule has 0 N–H and O–H groups in total. The Bertz CT molecular complexity index is 1160. The first-order valence-corrected chi connectivity index (χ1v) is 11.4. The number of nitrogens with zero attached hydrogens (tertiary/aromatic N) is 6. The zero-order chi connectivity index (χ0) is 23.8. The molecule has 2 saturated heterocycles. The molecule has 34 heavy (non-hydrogen) atoms. The highest BCUT2D eigenvalue weighted by atomic mass is 19.3. The molecule has 0 saturated carbocycles. The minimum atomic E-state index is -2.82. The van der Waals surface area contributed by atoms with Crippen molar-refractivity contribution in [3.05, 3.63) is 30.1 Å². The van der Waals surface area contributed by atoms with Gasteiger partial charge in [0.2, 0.25) is 5.95 Å². The van der Waals surface area contributed by atoms with Gasteiger partial charge in [0.05, 0.1) is 38.0 Å². The summed E-state index contributed by atoms with van der Waals surface area (Å²) in [5, 5.41) is 0. The SMILES string of the molecule is COc1cccc2c1nc(C(F)F)n2-c1nc(N2CCOCC2)cc(N2C[C@@H](C)O[C@@H](C)C2)n1. The van der Waals surface area contributed by atoms with Gasteiger partial charge in [0.25, 0.3) is 6.43 Å². The molecule has 2 aliphatic rings. The van der Waals surface area contributed by atoms with Crippen molar-refractivity contribution in [1.29, 1.82) is 0 Å². The van der Waals surface area contributed by atoms with Crippen molar-refractivity contribution in [2.45, 2.75) is 32.5 Å². The van der Waals surface area contributed by atoms with E-state index >= 15 is 0 Å². The van der Waals surface area contributed by atoms with Crippen LogP contribution in [0.25, 0.3) is 17.0 Å². The monoisotopic (exact) mass is 474 g/mol. The molecule has 0 aliphatic carbocycles. The molecular formula is C23H28F2N6O3. The molecule has 1 aromatic carbocycles. The van der Waals surface area contributed by atoms with Crippen LogP contribution < -0.4 is 14.5 Å². The summed E-state index contributed by atoms with van der Waals surface area (Å²) in [6, 6.07) is 7.08. The third-order valence-electron chi connectivity index (χ3n) is 6.06. The Labute approximate surface area is 196 Å². The Morgan fingerprint density at radius 2 is 1.68 bits per heavy atom. The van der Waals surface area contributed by atoms with Crippen LogP contribution in [0.3, 0.4) is 0 Å². The Morgan fingerprint density at radius 1 is 1.00 bits per heavy atom. The van der Waals surface area contributed by atoms with Gasteiger partial charge in [-0.2, -0.15) is 9.97 Å². The van der Waals surface area contributed by atoms with E-state index in [4.69, 9.17) is 24.2 Å². The summed E-state index contributed by atoms with van der Waals surface area (Å²) in [4.78, 5) is 17.9. The van der Waals surface area contributed by atoms with Gasteiger partial charge in [-0.1, -0.05) is 6.07 Å². The molecule has 3 aromatic rings. The molecule has 0 bridgehead atoms. The number of morpholine rings is 2. The van der Waals surface area contributed by atoms with Gasteiger partial charge in [0.1, 0.15) is 22.9 Å². The summed E-state index contributed by atoms with van der Waals surface area (Å²) >= 11 is 0. The predicted octanol–water partition coefficient (Wildman–Crippen LogP) is 3.21. The second-order valence-electron chi connectivity index (χ2n) is 8.58. The molecule has 2 aliphatic heterocycles. The molecule has 5 rings (SSSR count). The summed E-state index contributed by atoms with van der Waals surface area (Å²) in [6.07, 6.45) is -2.78. The number of para-hydroxylation sites is 1. The van der Waals surface area contributed by atoms with E-state index in [0.717, 1.165) is 0 Å². The number of alkyl halides is 2. The molecule has 2 aromatic heterocycles. The van der Waals surface area contributed by atoms with E-state index < -0.39 is 12.2 Å². The number of aromatic nitrogens is 4. The maximum Gasteiger partial charge on any atom is 0.296 e. The highest BCUT2D eigenvalue weighted by Gasteiger charge is 2.28. The number of hydrogen-bond acceptors (Lipinski definition) is 8. The lowest BCUT2D eigenvalue weighted by Crippen LogP contribution is -2.46. The fourth-order valence-corrected chi connectivity index (χ4v) is 4.60. The lowest BCUT2D eigenvalue weighted by Gasteiger charge is -2.37. The van der Waals surface area contributed by atoms with Gasteiger partial charge in [0.15, 0.2) is 5.82 Å².